The smallest absolute Gasteiger partial charge is 0.313 e. The van der Waals surface area contributed by atoms with Crippen molar-refractivity contribution in [1.82, 2.24) is 5.32 Å². The lowest BCUT2D eigenvalue weighted by atomic mass is 9.71. The topological polar surface area (TPSA) is 58.2 Å². The van der Waals surface area contributed by atoms with E-state index in [9.17, 15) is 14.0 Å². The zero-order valence-electron chi connectivity index (χ0n) is 14.0. The fourth-order valence-electron chi connectivity index (χ4n) is 3.08. The Morgan fingerprint density at radius 1 is 1.00 bits per heavy atom. The molecule has 1 aliphatic rings. The number of hydrogen-bond donors (Lipinski definition) is 2. The van der Waals surface area contributed by atoms with Gasteiger partial charge in [0.15, 0.2) is 0 Å². The standard InChI is InChI=1S/C18H25FN2O2/c1-18(2,3)12-4-8-14(9-5-12)20-16(22)17(23)21-15-10-6-13(19)7-11-15/h6-7,10-12,14H,4-5,8-9H2,1-3H3,(H,20,22)(H,21,23). The van der Waals surface area contributed by atoms with Crippen molar-refractivity contribution in [2.24, 2.45) is 11.3 Å². The number of carbonyl (C=O) groups excluding carboxylic acids is 2. The van der Waals surface area contributed by atoms with Gasteiger partial charge in [-0.3, -0.25) is 9.59 Å². The first kappa shape index (κ1) is 17.4. The van der Waals surface area contributed by atoms with E-state index in [1.807, 2.05) is 0 Å². The summed E-state index contributed by atoms with van der Waals surface area (Å²) in [6.07, 6.45) is 3.93. The third-order valence-corrected chi connectivity index (χ3v) is 4.60. The van der Waals surface area contributed by atoms with E-state index in [4.69, 9.17) is 0 Å². The van der Waals surface area contributed by atoms with E-state index in [-0.39, 0.29) is 17.3 Å². The molecule has 2 rings (SSSR count). The molecule has 0 aromatic heterocycles. The Morgan fingerprint density at radius 2 is 1.57 bits per heavy atom. The predicted molar refractivity (Wildman–Crippen MR) is 88.4 cm³/mol. The molecule has 0 unspecified atom stereocenters. The average Bonchev–Trinajstić information content (AvgIpc) is 2.49. The Hall–Kier alpha value is -1.91. The van der Waals surface area contributed by atoms with Crippen LogP contribution in [0.4, 0.5) is 10.1 Å². The molecule has 1 aromatic carbocycles. The molecule has 0 aliphatic heterocycles. The molecule has 5 heteroatoms. The number of halogens is 1. The van der Waals surface area contributed by atoms with E-state index in [0.29, 0.717) is 11.6 Å². The zero-order chi connectivity index (χ0) is 17.0. The summed E-state index contributed by atoms with van der Waals surface area (Å²) in [5.41, 5.74) is 0.692. The predicted octanol–water partition coefficient (Wildman–Crippen LogP) is 3.49. The van der Waals surface area contributed by atoms with Crippen LogP contribution in [0.5, 0.6) is 0 Å². The van der Waals surface area contributed by atoms with Gasteiger partial charge in [0.2, 0.25) is 0 Å². The van der Waals surface area contributed by atoms with E-state index in [0.717, 1.165) is 25.7 Å². The normalized spacial score (nSPS) is 21.6. The summed E-state index contributed by atoms with van der Waals surface area (Å²) >= 11 is 0. The largest absolute Gasteiger partial charge is 0.345 e. The Labute approximate surface area is 136 Å². The van der Waals surface area contributed by atoms with Crippen LogP contribution in [0.25, 0.3) is 0 Å². The molecule has 2 amide bonds. The lowest BCUT2D eigenvalue weighted by Gasteiger charge is -2.37. The second kappa shape index (κ2) is 7.11. The van der Waals surface area contributed by atoms with Gasteiger partial charge in [0.25, 0.3) is 0 Å². The number of hydrogen-bond acceptors (Lipinski definition) is 2. The minimum absolute atomic E-state index is 0.0556. The van der Waals surface area contributed by atoms with Crippen molar-refractivity contribution in [3.8, 4) is 0 Å². The van der Waals surface area contributed by atoms with Gasteiger partial charge in [-0.05, 0) is 61.3 Å². The van der Waals surface area contributed by atoms with Crippen LogP contribution < -0.4 is 10.6 Å². The number of anilines is 1. The van der Waals surface area contributed by atoms with Crippen molar-refractivity contribution in [2.75, 3.05) is 5.32 Å². The number of carbonyl (C=O) groups is 2. The monoisotopic (exact) mass is 320 g/mol. The van der Waals surface area contributed by atoms with Gasteiger partial charge < -0.3 is 10.6 Å². The molecule has 0 bridgehead atoms. The summed E-state index contributed by atoms with van der Waals surface area (Å²) in [6, 6.07) is 5.38. The first-order valence-electron chi connectivity index (χ1n) is 8.13. The van der Waals surface area contributed by atoms with E-state index in [1.165, 1.54) is 24.3 Å². The fraction of sp³-hybridized carbons (Fsp3) is 0.556. The lowest BCUT2D eigenvalue weighted by Crippen LogP contribution is -2.44. The maximum Gasteiger partial charge on any atom is 0.313 e. The van der Waals surface area contributed by atoms with Crippen LogP contribution in [0, 0.1) is 17.2 Å². The van der Waals surface area contributed by atoms with E-state index in [1.54, 1.807) is 0 Å². The second-order valence-corrected chi connectivity index (χ2v) is 7.35. The van der Waals surface area contributed by atoms with Gasteiger partial charge in [-0.1, -0.05) is 20.8 Å². The fourth-order valence-corrected chi connectivity index (χ4v) is 3.08. The van der Waals surface area contributed by atoms with Crippen molar-refractivity contribution in [3.63, 3.8) is 0 Å². The van der Waals surface area contributed by atoms with Crippen molar-refractivity contribution in [1.29, 1.82) is 0 Å². The molecule has 0 spiro atoms. The molecule has 0 atom stereocenters. The van der Waals surface area contributed by atoms with Crippen molar-refractivity contribution < 1.29 is 14.0 Å². The maximum absolute atomic E-state index is 12.8. The second-order valence-electron chi connectivity index (χ2n) is 7.35. The van der Waals surface area contributed by atoms with Crippen LogP contribution in [-0.4, -0.2) is 17.9 Å². The van der Waals surface area contributed by atoms with Crippen LogP contribution in [0.3, 0.4) is 0 Å². The molecule has 0 heterocycles. The summed E-state index contributed by atoms with van der Waals surface area (Å²) in [7, 11) is 0. The van der Waals surface area contributed by atoms with Gasteiger partial charge in [-0.25, -0.2) is 4.39 Å². The molecular weight excluding hydrogens is 295 g/mol. The van der Waals surface area contributed by atoms with Gasteiger partial charge in [-0.15, -0.1) is 0 Å². The van der Waals surface area contributed by atoms with Gasteiger partial charge in [0.1, 0.15) is 5.82 Å². The molecule has 0 saturated heterocycles. The van der Waals surface area contributed by atoms with Crippen LogP contribution in [0.1, 0.15) is 46.5 Å². The van der Waals surface area contributed by atoms with E-state index in [2.05, 4.69) is 31.4 Å². The molecule has 1 fully saturated rings. The van der Waals surface area contributed by atoms with Crippen molar-refractivity contribution >= 4 is 17.5 Å². The minimum Gasteiger partial charge on any atom is -0.345 e. The maximum atomic E-state index is 12.8. The molecule has 1 saturated carbocycles. The van der Waals surface area contributed by atoms with Crippen LogP contribution in [0.2, 0.25) is 0 Å². The zero-order valence-corrected chi connectivity index (χ0v) is 14.0. The van der Waals surface area contributed by atoms with Gasteiger partial charge >= 0.3 is 11.8 Å². The number of benzene rings is 1. The molecule has 23 heavy (non-hydrogen) atoms. The van der Waals surface area contributed by atoms with Gasteiger partial charge in [-0.2, -0.15) is 0 Å². The molecule has 0 radical (unpaired) electrons. The average molecular weight is 320 g/mol. The molecule has 1 aliphatic carbocycles. The summed E-state index contributed by atoms with van der Waals surface area (Å²) in [5, 5.41) is 5.27. The Balaban J connectivity index is 1.80. The first-order valence-corrected chi connectivity index (χ1v) is 8.13. The number of amides is 2. The molecule has 1 aromatic rings. The quantitative estimate of drug-likeness (QED) is 0.820. The lowest BCUT2D eigenvalue weighted by molar-refractivity contribution is -0.136. The summed E-state index contributed by atoms with van der Waals surface area (Å²) in [6.45, 7) is 6.73. The van der Waals surface area contributed by atoms with Crippen LogP contribution >= 0.6 is 0 Å². The minimum atomic E-state index is -0.713. The highest BCUT2D eigenvalue weighted by Crippen LogP contribution is 2.37. The van der Waals surface area contributed by atoms with Crippen molar-refractivity contribution in [3.05, 3.63) is 30.1 Å². The third-order valence-electron chi connectivity index (χ3n) is 4.60. The summed E-state index contributed by atoms with van der Waals surface area (Å²) in [4.78, 5) is 23.8. The van der Waals surface area contributed by atoms with Crippen molar-refractivity contribution in [2.45, 2.75) is 52.5 Å². The first-order chi connectivity index (χ1) is 10.8. The highest BCUT2D eigenvalue weighted by atomic mass is 19.1. The Kier molecular flexibility index (Phi) is 5.39. The molecule has 4 nitrogen and oxygen atoms in total. The molecular formula is C18H25FN2O2. The highest BCUT2D eigenvalue weighted by molar-refractivity contribution is 6.39. The molecule has 126 valence electrons. The number of nitrogens with one attached hydrogen (secondary N) is 2. The third kappa shape index (κ3) is 5.05. The van der Waals surface area contributed by atoms with Gasteiger partial charge in [0.05, 0.1) is 0 Å². The summed E-state index contributed by atoms with van der Waals surface area (Å²) in [5.74, 6) is -1.07. The highest BCUT2D eigenvalue weighted by Gasteiger charge is 2.30. The Morgan fingerprint density at radius 3 is 2.09 bits per heavy atom. The SMILES string of the molecule is CC(C)(C)C1CCC(NC(=O)C(=O)Nc2ccc(F)cc2)CC1. The van der Waals surface area contributed by atoms with Crippen LogP contribution in [-0.2, 0) is 9.59 Å². The number of rotatable bonds is 2. The van der Waals surface area contributed by atoms with E-state index >= 15 is 0 Å². The van der Waals surface area contributed by atoms with Crippen LogP contribution in [0.15, 0.2) is 24.3 Å². The van der Waals surface area contributed by atoms with Gasteiger partial charge in [0, 0.05) is 11.7 Å². The summed E-state index contributed by atoms with van der Waals surface area (Å²) < 4.78 is 12.8. The Bertz CT molecular complexity index is 555. The van der Waals surface area contributed by atoms with E-state index < -0.39 is 11.8 Å². The molecule has 2 N–H and O–H groups in total.